The van der Waals surface area contributed by atoms with Gasteiger partial charge in [0.2, 0.25) is 0 Å². The predicted molar refractivity (Wildman–Crippen MR) is 68.2 cm³/mol. The predicted octanol–water partition coefficient (Wildman–Crippen LogP) is 2.83. The molecule has 0 aromatic heterocycles. The van der Waals surface area contributed by atoms with Crippen LogP contribution < -0.4 is 0 Å². The van der Waals surface area contributed by atoms with Gasteiger partial charge in [0.05, 0.1) is 5.92 Å². The number of carboxylic acids is 1. The van der Waals surface area contributed by atoms with Crippen LogP contribution in [0.1, 0.15) is 31.2 Å². The first-order valence-electron chi connectivity index (χ1n) is 6.58. The van der Waals surface area contributed by atoms with E-state index in [0.717, 1.165) is 18.4 Å². The number of Topliss-reactive ketones (excluding diaryl/α,β-unsaturated/α-hetero) is 1. The van der Waals surface area contributed by atoms with Crippen molar-refractivity contribution in [3.05, 3.63) is 35.6 Å². The molecule has 1 aliphatic carbocycles. The minimum atomic E-state index is -0.878. The van der Waals surface area contributed by atoms with E-state index in [4.69, 9.17) is 5.11 Å². The van der Waals surface area contributed by atoms with Gasteiger partial charge in [-0.05, 0) is 30.5 Å². The van der Waals surface area contributed by atoms with Gasteiger partial charge in [-0.1, -0.05) is 25.0 Å². The Labute approximate surface area is 111 Å². The fourth-order valence-corrected chi connectivity index (χ4v) is 2.75. The number of rotatable bonds is 4. The first kappa shape index (κ1) is 13.7. The summed E-state index contributed by atoms with van der Waals surface area (Å²) in [6, 6.07) is 5.79. The molecular formula is C15H17FO3. The molecule has 2 rings (SSSR count). The average molecular weight is 264 g/mol. The van der Waals surface area contributed by atoms with Crippen LogP contribution in [0, 0.1) is 17.7 Å². The van der Waals surface area contributed by atoms with Crippen molar-refractivity contribution in [2.45, 2.75) is 32.1 Å². The highest BCUT2D eigenvalue weighted by Crippen LogP contribution is 2.31. The molecule has 1 fully saturated rings. The summed E-state index contributed by atoms with van der Waals surface area (Å²) in [5, 5.41) is 9.16. The van der Waals surface area contributed by atoms with Crippen molar-refractivity contribution >= 4 is 11.8 Å². The highest BCUT2D eigenvalue weighted by molar-refractivity contribution is 5.88. The lowest BCUT2D eigenvalue weighted by Gasteiger charge is -2.27. The number of hydrogen-bond donors (Lipinski definition) is 1. The number of halogens is 1. The number of carboxylic acid groups (broad SMARTS) is 1. The molecule has 1 aromatic carbocycles. The Hall–Kier alpha value is -1.71. The van der Waals surface area contributed by atoms with Gasteiger partial charge in [0.15, 0.2) is 0 Å². The fraction of sp³-hybridized carbons (Fsp3) is 0.467. The number of carbonyl (C=O) groups is 2. The molecule has 102 valence electrons. The van der Waals surface area contributed by atoms with E-state index in [0.29, 0.717) is 12.8 Å². The second-order valence-electron chi connectivity index (χ2n) is 5.11. The summed E-state index contributed by atoms with van der Waals surface area (Å²) in [4.78, 5) is 23.4. The molecule has 1 saturated carbocycles. The molecule has 19 heavy (non-hydrogen) atoms. The Kier molecular flexibility index (Phi) is 4.30. The molecule has 0 saturated heterocycles. The van der Waals surface area contributed by atoms with Gasteiger partial charge in [-0.15, -0.1) is 0 Å². The molecule has 1 aliphatic rings. The summed E-state index contributed by atoms with van der Waals surface area (Å²) in [6.45, 7) is 0. The van der Waals surface area contributed by atoms with Crippen molar-refractivity contribution in [1.29, 1.82) is 0 Å². The van der Waals surface area contributed by atoms with Gasteiger partial charge < -0.3 is 5.11 Å². The van der Waals surface area contributed by atoms with E-state index < -0.39 is 17.8 Å². The first-order valence-corrected chi connectivity index (χ1v) is 6.58. The molecule has 1 N–H and O–H groups in total. The van der Waals surface area contributed by atoms with E-state index in [-0.39, 0.29) is 18.0 Å². The van der Waals surface area contributed by atoms with Gasteiger partial charge in [-0.25, -0.2) is 4.39 Å². The van der Waals surface area contributed by atoms with Gasteiger partial charge in [0, 0.05) is 12.3 Å². The van der Waals surface area contributed by atoms with Crippen LogP contribution in [-0.2, 0) is 16.0 Å². The molecule has 2 atom stereocenters. The molecule has 0 radical (unpaired) electrons. The van der Waals surface area contributed by atoms with Gasteiger partial charge in [0.1, 0.15) is 11.6 Å². The molecule has 0 aliphatic heterocycles. The second-order valence-corrected chi connectivity index (χ2v) is 5.11. The molecule has 1 aromatic rings. The lowest BCUT2D eigenvalue weighted by molar-refractivity contribution is -0.148. The van der Waals surface area contributed by atoms with Crippen LogP contribution in [-0.4, -0.2) is 16.9 Å². The number of hydrogen-bond acceptors (Lipinski definition) is 2. The SMILES string of the molecule is O=C(Cc1ccc(F)cc1)[C@H]1CCCC[C@H]1C(=O)O. The largest absolute Gasteiger partial charge is 0.481 e. The van der Waals surface area contributed by atoms with E-state index in [9.17, 15) is 14.0 Å². The van der Waals surface area contributed by atoms with Crippen molar-refractivity contribution in [3.63, 3.8) is 0 Å². The van der Waals surface area contributed by atoms with Gasteiger partial charge in [-0.2, -0.15) is 0 Å². The van der Waals surface area contributed by atoms with Crippen LogP contribution in [0.3, 0.4) is 0 Å². The number of ketones is 1. The summed E-state index contributed by atoms with van der Waals surface area (Å²) in [5.74, 6) is -2.20. The molecule has 0 amide bonds. The highest BCUT2D eigenvalue weighted by Gasteiger charge is 2.35. The van der Waals surface area contributed by atoms with Crippen molar-refractivity contribution in [3.8, 4) is 0 Å². The first-order chi connectivity index (χ1) is 9.08. The fourth-order valence-electron chi connectivity index (χ4n) is 2.75. The van der Waals surface area contributed by atoms with Crippen molar-refractivity contribution < 1.29 is 19.1 Å². The minimum absolute atomic E-state index is 0.0429. The van der Waals surface area contributed by atoms with Gasteiger partial charge in [-0.3, -0.25) is 9.59 Å². The number of carbonyl (C=O) groups excluding carboxylic acids is 1. The monoisotopic (exact) mass is 264 g/mol. The van der Waals surface area contributed by atoms with Crippen molar-refractivity contribution in [2.75, 3.05) is 0 Å². The minimum Gasteiger partial charge on any atom is -0.481 e. The van der Waals surface area contributed by atoms with Gasteiger partial charge >= 0.3 is 5.97 Å². The molecule has 0 bridgehead atoms. The Morgan fingerprint density at radius 2 is 1.68 bits per heavy atom. The third-order valence-corrected chi connectivity index (χ3v) is 3.79. The quantitative estimate of drug-likeness (QED) is 0.909. The van der Waals surface area contributed by atoms with Crippen molar-refractivity contribution in [2.24, 2.45) is 11.8 Å². The van der Waals surface area contributed by atoms with Crippen LogP contribution in [0.5, 0.6) is 0 Å². The van der Waals surface area contributed by atoms with Crippen LogP contribution in [0.25, 0.3) is 0 Å². The maximum atomic E-state index is 12.8. The molecular weight excluding hydrogens is 247 g/mol. The van der Waals surface area contributed by atoms with Crippen LogP contribution >= 0.6 is 0 Å². The maximum Gasteiger partial charge on any atom is 0.307 e. The average Bonchev–Trinajstić information content (AvgIpc) is 2.41. The molecule has 0 spiro atoms. The second kappa shape index (κ2) is 5.95. The number of aliphatic carboxylic acids is 1. The van der Waals surface area contributed by atoms with Crippen LogP contribution in [0.15, 0.2) is 24.3 Å². The Balaban J connectivity index is 2.05. The summed E-state index contributed by atoms with van der Waals surface area (Å²) in [6.07, 6.45) is 3.20. The molecule has 4 heteroatoms. The lowest BCUT2D eigenvalue weighted by atomic mass is 9.76. The standard InChI is InChI=1S/C15H17FO3/c16-11-7-5-10(6-8-11)9-14(17)12-3-1-2-4-13(12)15(18)19/h5-8,12-13H,1-4,9H2,(H,18,19)/t12-,13+/m0/s1. The zero-order valence-electron chi connectivity index (χ0n) is 10.6. The smallest absolute Gasteiger partial charge is 0.307 e. The zero-order chi connectivity index (χ0) is 13.8. The van der Waals surface area contributed by atoms with E-state index in [1.54, 1.807) is 12.1 Å². The number of benzene rings is 1. The van der Waals surface area contributed by atoms with Crippen LogP contribution in [0.2, 0.25) is 0 Å². The summed E-state index contributed by atoms with van der Waals surface area (Å²) < 4.78 is 12.8. The Morgan fingerprint density at radius 3 is 2.26 bits per heavy atom. The Bertz CT molecular complexity index is 467. The molecule has 0 unspecified atom stereocenters. The highest BCUT2D eigenvalue weighted by atomic mass is 19.1. The lowest BCUT2D eigenvalue weighted by Crippen LogP contribution is -2.33. The summed E-state index contributed by atoms with van der Waals surface area (Å²) in [7, 11) is 0. The summed E-state index contributed by atoms with van der Waals surface area (Å²) in [5.41, 5.74) is 0.737. The van der Waals surface area contributed by atoms with E-state index in [2.05, 4.69) is 0 Å². The van der Waals surface area contributed by atoms with Gasteiger partial charge in [0.25, 0.3) is 0 Å². The van der Waals surface area contributed by atoms with E-state index in [1.165, 1.54) is 12.1 Å². The maximum absolute atomic E-state index is 12.8. The van der Waals surface area contributed by atoms with Crippen LogP contribution in [0.4, 0.5) is 4.39 Å². The third-order valence-electron chi connectivity index (χ3n) is 3.79. The summed E-state index contributed by atoms with van der Waals surface area (Å²) >= 11 is 0. The van der Waals surface area contributed by atoms with E-state index >= 15 is 0 Å². The third kappa shape index (κ3) is 3.40. The molecule has 3 nitrogen and oxygen atoms in total. The normalized spacial score (nSPS) is 23.0. The van der Waals surface area contributed by atoms with Crippen molar-refractivity contribution in [1.82, 2.24) is 0 Å². The molecule has 0 heterocycles. The zero-order valence-corrected chi connectivity index (χ0v) is 10.6. The topological polar surface area (TPSA) is 54.4 Å². The van der Waals surface area contributed by atoms with E-state index in [1.807, 2.05) is 0 Å². The Morgan fingerprint density at radius 1 is 1.11 bits per heavy atom.